The molecule has 0 aliphatic rings. The van der Waals surface area contributed by atoms with E-state index >= 15 is 0 Å². The number of fused-ring (bicyclic) bond motifs is 1. The fourth-order valence-corrected chi connectivity index (χ4v) is 2.86. The first-order valence-electron chi connectivity index (χ1n) is 9.10. The summed E-state index contributed by atoms with van der Waals surface area (Å²) in [4.78, 5) is 8.63. The zero-order chi connectivity index (χ0) is 20.2. The van der Waals surface area contributed by atoms with E-state index in [4.69, 9.17) is 15.2 Å². The molecule has 0 unspecified atom stereocenters. The van der Waals surface area contributed by atoms with E-state index in [1.165, 1.54) is 18.5 Å². The van der Waals surface area contributed by atoms with Gasteiger partial charge in [-0.15, -0.1) is 0 Å². The van der Waals surface area contributed by atoms with Gasteiger partial charge in [0.25, 0.3) is 0 Å². The van der Waals surface area contributed by atoms with Crippen LogP contribution in [0.25, 0.3) is 10.9 Å². The molecule has 3 aromatic carbocycles. The lowest BCUT2D eigenvalue weighted by Gasteiger charge is -2.12. The summed E-state index contributed by atoms with van der Waals surface area (Å²) in [6.45, 7) is 2.43. The minimum absolute atomic E-state index is 0.303. The fraction of sp³-hybridized carbons (Fsp3) is 0.0909. The van der Waals surface area contributed by atoms with Crippen molar-refractivity contribution in [3.63, 3.8) is 0 Å². The highest BCUT2D eigenvalue weighted by molar-refractivity contribution is 5.94. The number of nitrogens with one attached hydrogen (secondary N) is 1. The molecule has 7 heteroatoms. The van der Waals surface area contributed by atoms with Crippen LogP contribution in [0.1, 0.15) is 6.92 Å². The Labute approximate surface area is 167 Å². The summed E-state index contributed by atoms with van der Waals surface area (Å²) >= 11 is 0. The minimum Gasteiger partial charge on any atom is -0.492 e. The molecule has 6 nitrogen and oxygen atoms in total. The van der Waals surface area contributed by atoms with Gasteiger partial charge in [0, 0.05) is 17.1 Å². The van der Waals surface area contributed by atoms with E-state index < -0.39 is 0 Å². The Kier molecular flexibility index (Phi) is 5.11. The monoisotopic (exact) mass is 390 g/mol. The third-order valence-electron chi connectivity index (χ3n) is 4.23. The lowest BCUT2D eigenvalue weighted by atomic mass is 10.2. The second kappa shape index (κ2) is 8.02. The van der Waals surface area contributed by atoms with Crippen LogP contribution in [0.4, 0.5) is 21.6 Å². The summed E-state index contributed by atoms with van der Waals surface area (Å²) in [5.41, 5.74) is 8.17. The van der Waals surface area contributed by atoms with E-state index in [2.05, 4.69) is 15.3 Å². The Morgan fingerprint density at radius 2 is 1.66 bits per heavy atom. The van der Waals surface area contributed by atoms with Crippen LogP contribution in [0, 0.1) is 5.82 Å². The molecule has 1 heterocycles. The number of benzene rings is 3. The summed E-state index contributed by atoms with van der Waals surface area (Å²) < 4.78 is 24.2. The largest absolute Gasteiger partial charge is 0.492 e. The lowest BCUT2D eigenvalue weighted by molar-refractivity contribution is 0.342. The zero-order valence-electron chi connectivity index (χ0n) is 15.7. The lowest BCUT2D eigenvalue weighted by Crippen LogP contribution is -2.00. The normalized spacial score (nSPS) is 10.7. The number of hydrogen-bond acceptors (Lipinski definition) is 6. The molecule has 0 aliphatic carbocycles. The summed E-state index contributed by atoms with van der Waals surface area (Å²) in [5, 5.41) is 4.06. The van der Waals surface area contributed by atoms with Gasteiger partial charge in [-0.1, -0.05) is 0 Å². The summed E-state index contributed by atoms with van der Waals surface area (Å²) in [7, 11) is 0. The van der Waals surface area contributed by atoms with Crippen LogP contribution < -0.4 is 20.5 Å². The van der Waals surface area contributed by atoms with Gasteiger partial charge in [0.15, 0.2) is 0 Å². The van der Waals surface area contributed by atoms with Gasteiger partial charge in [-0.3, -0.25) is 0 Å². The molecule has 0 saturated carbocycles. The molecule has 0 spiro atoms. The predicted octanol–water partition coefficient (Wildman–Crippen LogP) is 5.29. The maximum absolute atomic E-state index is 13.0. The van der Waals surface area contributed by atoms with Crippen LogP contribution >= 0.6 is 0 Å². The van der Waals surface area contributed by atoms with Crippen LogP contribution in [0.2, 0.25) is 0 Å². The Morgan fingerprint density at radius 3 is 2.34 bits per heavy atom. The third kappa shape index (κ3) is 4.19. The van der Waals surface area contributed by atoms with E-state index in [0.29, 0.717) is 35.4 Å². The Morgan fingerprint density at radius 1 is 0.966 bits per heavy atom. The Hall–Kier alpha value is -3.87. The molecular formula is C22H19FN4O2. The van der Waals surface area contributed by atoms with Gasteiger partial charge in [-0.05, 0) is 61.5 Å². The third-order valence-corrected chi connectivity index (χ3v) is 4.23. The van der Waals surface area contributed by atoms with Crippen molar-refractivity contribution in [3.8, 4) is 17.2 Å². The van der Waals surface area contributed by atoms with Crippen molar-refractivity contribution in [2.24, 2.45) is 0 Å². The van der Waals surface area contributed by atoms with Crippen LogP contribution in [-0.4, -0.2) is 16.6 Å². The van der Waals surface area contributed by atoms with E-state index in [1.54, 1.807) is 24.3 Å². The molecule has 0 atom stereocenters. The second-order valence-corrected chi connectivity index (χ2v) is 6.27. The Bertz CT molecular complexity index is 1130. The summed E-state index contributed by atoms with van der Waals surface area (Å²) in [5.74, 6) is 2.14. The Balaban J connectivity index is 1.55. The number of nitrogens with zero attached hydrogens (tertiary/aromatic N) is 2. The van der Waals surface area contributed by atoms with Crippen molar-refractivity contribution in [1.29, 1.82) is 0 Å². The SMILES string of the molecule is CCOc1cc2ncnc(Nc3ccc(Oc4ccc(F)cc4)cc3)c2cc1N. The highest BCUT2D eigenvalue weighted by Crippen LogP contribution is 2.32. The first-order chi connectivity index (χ1) is 14.1. The zero-order valence-corrected chi connectivity index (χ0v) is 15.7. The molecule has 146 valence electrons. The maximum Gasteiger partial charge on any atom is 0.144 e. The van der Waals surface area contributed by atoms with Crippen molar-refractivity contribution < 1.29 is 13.9 Å². The average molecular weight is 390 g/mol. The van der Waals surface area contributed by atoms with Crippen LogP contribution in [-0.2, 0) is 0 Å². The van der Waals surface area contributed by atoms with Crippen LogP contribution in [0.15, 0.2) is 67.0 Å². The van der Waals surface area contributed by atoms with Crippen LogP contribution in [0.5, 0.6) is 17.2 Å². The van der Waals surface area contributed by atoms with Gasteiger partial charge in [0.05, 0.1) is 17.8 Å². The molecule has 3 N–H and O–H groups in total. The van der Waals surface area contributed by atoms with Gasteiger partial charge < -0.3 is 20.5 Å². The second-order valence-electron chi connectivity index (χ2n) is 6.27. The number of hydrogen-bond donors (Lipinski definition) is 2. The van der Waals surface area contributed by atoms with Gasteiger partial charge in [0.1, 0.15) is 35.2 Å². The van der Waals surface area contributed by atoms with E-state index in [9.17, 15) is 4.39 Å². The first kappa shape index (κ1) is 18.5. The highest BCUT2D eigenvalue weighted by Gasteiger charge is 2.09. The van der Waals surface area contributed by atoms with Crippen molar-refractivity contribution in [2.45, 2.75) is 6.92 Å². The molecule has 0 radical (unpaired) electrons. The van der Waals surface area contributed by atoms with E-state index in [-0.39, 0.29) is 5.82 Å². The standard InChI is InChI=1S/C22H19FN4O2/c1-2-28-21-12-20-18(11-19(21)24)22(26-13-25-20)27-15-5-9-17(10-6-15)29-16-7-3-14(23)4-8-16/h3-13H,2,24H2,1H3,(H,25,26,27). The van der Waals surface area contributed by atoms with Gasteiger partial charge >= 0.3 is 0 Å². The van der Waals surface area contributed by atoms with Crippen molar-refractivity contribution in [1.82, 2.24) is 9.97 Å². The van der Waals surface area contributed by atoms with Crippen LogP contribution in [0.3, 0.4) is 0 Å². The van der Waals surface area contributed by atoms with Gasteiger partial charge in [-0.2, -0.15) is 0 Å². The highest BCUT2D eigenvalue weighted by atomic mass is 19.1. The van der Waals surface area contributed by atoms with Crippen molar-refractivity contribution in [2.75, 3.05) is 17.7 Å². The molecule has 29 heavy (non-hydrogen) atoms. The molecular weight excluding hydrogens is 371 g/mol. The predicted molar refractivity (Wildman–Crippen MR) is 111 cm³/mol. The molecule has 4 rings (SSSR count). The summed E-state index contributed by atoms with van der Waals surface area (Å²) in [6, 6.07) is 16.8. The number of aromatic nitrogens is 2. The maximum atomic E-state index is 13.0. The molecule has 0 bridgehead atoms. The van der Waals surface area contributed by atoms with Crippen molar-refractivity contribution in [3.05, 3.63) is 72.8 Å². The summed E-state index contributed by atoms with van der Waals surface area (Å²) in [6.07, 6.45) is 1.49. The number of nitrogens with two attached hydrogens (primary N) is 1. The minimum atomic E-state index is -0.303. The molecule has 4 aromatic rings. The molecule has 1 aromatic heterocycles. The van der Waals surface area contributed by atoms with Gasteiger partial charge in [-0.25, -0.2) is 14.4 Å². The fourth-order valence-electron chi connectivity index (χ4n) is 2.86. The quantitative estimate of drug-likeness (QED) is 0.436. The number of halogens is 1. The number of ether oxygens (including phenoxy) is 2. The molecule has 0 amide bonds. The smallest absolute Gasteiger partial charge is 0.144 e. The number of nitrogen functional groups attached to an aromatic ring is 1. The molecule has 0 aliphatic heterocycles. The number of anilines is 3. The van der Waals surface area contributed by atoms with E-state index in [0.717, 1.165) is 16.6 Å². The topological polar surface area (TPSA) is 82.3 Å². The van der Waals surface area contributed by atoms with Gasteiger partial charge in [0.2, 0.25) is 0 Å². The number of rotatable bonds is 6. The van der Waals surface area contributed by atoms with E-state index in [1.807, 2.05) is 31.2 Å². The molecule has 0 saturated heterocycles. The van der Waals surface area contributed by atoms with Crippen molar-refractivity contribution >= 4 is 28.1 Å². The molecule has 0 fully saturated rings. The first-order valence-corrected chi connectivity index (χ1v) is 9.10. The average Bonchev–Trinajstić information content (AvgIpc) is 2.72.